The number of hydrogen-bond donors (Lipinski definition) is 1. The van der Waals surface area contributed by atoms with Gasteiger partial charge in [0.2, 0.25) is 0 Å². The Balaban J connectivity index is 2.48. The molecule has 1 amide bonds. The van der Waals surface area contributed by atoms with Crippen LogP contribution in [0.1, 0.15) is 48.5 Å². The summed E-state index contributed by atoms with van der Waals surface area (Å²) in [4.78, 5) is 12.0. The second kappa shape index (κ2) is 8.30. The summed E-state index contributed by atoms with van der Waals surface area (Å²) >= 11 is 0. The zero-order valence-electron chi connectivity index (χ0n) is 10.9. The number of nitrogens with one attached hydrogen (secondary N) is 1. The highest BCUT2D eigenvalue weighted by Gasteiger charge is 2.09. The van der Waals surface area contributed by atoms with E-state index in [-0.39, 0.29) is 12.3 Å². The van der Waals surface area contributed by atoms with Crippen LogP contribution in [0.5, 0.6) is 0 Å². The fourth-order valence-electron chi connectivity index (χ4n) is 1.83. The maximum atomic E-state index is 12.0. The second-order valence-corrected chi connectivity index (χ2v) is 4.31. The molecule has 0 spiro atoms. The predicted octanol–water partition coefficient (Wildman–Crippen LogP) is 3.06. The van der Waals surface area contributed by atoms with Crippen LogP contribution in [0.4, 0.5) is 0 Å². The molecule has 96 valence electrons. The van der Waals surface area contributed by atoms with E-state index in [0.29, 0.717) is 12.1 Å². The Morgan fingerprint density at radius 3 is 2.78 bits per heavy atom. The summed E-state index contributed by atoms with van der Waals surface area (Å²) in [7, 11) is 0. The van der Waals surface area contributed by atoms with Gasteiger partial charge in [0.25, 0.3) is 5.91 Å². The molecule has 1 aromatic rings. The van der Waals surface area contributed by atoms with Crippen LogP contribution in [-0.2, 0) is 6.42 Å². The summed E-state index contributed by atoms with van der Waals surface area (Å²) in [6.07, 6.45) is 4.84. The fraction of sp³-hybridized carbons (Fsp3) is 0.467. The Hall–Kier alpha value is -1.82. The molecular formula is C15H20N2O. The van der Waals surface area contributed by atoms with Crippen LogP contribution in [-0.4, -0.2) is 12.5 Å². The lowest BCUT2D eigenvalue weighted by molar-refractivity contribution is 0.0952. The van der Waals surface area contributed by atoms with Gasteiger partial charge in [-0.3, -0.25) is 4.79 Å². The summed E-state index contributed by atoms with van der Waals surface area (Å²) < 4.78 is 0. The number of amides is 1. The first-order valence-corrected chi connectivity index (χ1v) is 6.52. The van der Waals surface area contributed by atoms with E-state index in [9.17, 15) is 4.79 Å². The lowest BCUT2D eigenvalue weighted by Crippen LogP contribution is -2.25. The van der Waals surface area contributed by atoms with Crippen molar-refractivity contribution < 1.29 is 4.79 Å². The van der Waals surface area contributed by atoms with E-state index >= 15 is 0 Å². The standard InChI is InChI=1S/C15H20N2O/c1-2-3-4-7-12-17-15(18)14-9-6-5-8-13(14)10-11-16/h5-6,8-9H,2-4,7,10,12H2,1H3,(H,17,18). The molecule has 0 aromatic heterocycles. The Bertz CT molecular complexity index is 421. The molecule has 18 heavy (non-hydrogen) atoms. The van der Waals surface area contributed by atoms with E-state index in [1.54, 1.807) is 6.07 Å². The molecule has 0 fully saturated rings. The number of unbranched alkanes of at least 4 members (excludes halogenated alkanes) is 3. The van der Waals surface area contributed by atoms with Crippen LogP contribution < -0.4 is 5.32 Å². The molecule has 0 atom stereocenters. The lowest BCUT2D eigenvalue weighted by Gasteiger charge is -2.08. The van der Waals surface area contributed by atoms with Crippen molar-refractivity contribution in [3.05, 3.63) is 35.4 Å². The van der Waals surface area contributed by atoms with E-state index < -0.39 is 0 Å². The van der Waals surface area contributed by atoms with Crippen molar-refractivity contribution in [2.75, 3.05) is 6.54 Å². The SMILES string of the molecule is CCCCCCNC(=O)c1ccccc1CC#N. The van der Waals surface area contributed by atoms with E-state index in [2.05, 4.69) is 18.3 Å². The predicted molar refractivity (Wildman–Crippen MR) is 72.2 cm³/mol. The van der Waals surface area contributed by atoms with Crippen LogP contribution in [0.15, 0.2) is 24.3 Å². The molecule has 0 unspecified atom stereocenters. The second-order valence-electron chi connectivity index (χ2n) is 4.31. The number of carbonyl (C=O) groups is 1. The first-order valence-electron chi connectivity index (χ1n) is 6.52. The lowest BCUT2D eigenvalue weighted by atomic mass is 10.0. The number of nitrogens with zero attached hydrogens (tertiary/aromatic N) is 1. The minimum atomic E-state index is -0.0719. The summed E-state index contributed by atoms with van der Waals surface area (Å²) in [5.41, 5.74) is 1.42. The highest BCUT2D eigenvalue weighted by atomic mass is 16.1. The van der Waals surface area contributed by atoms with Gasteiger partial charge >= 0.3 is 0 Å². The average Bonchev–Trinajstić information content (AvgIpc) is 2.39. The van der Waals surface area contributed by atoms with Gasteiger partial charge in [0.1, 0.15) is 0 Å². The highest BCUT2D eigenvalue weighted by molar-refractivity contribution is 5.95. The van der Waals surface area contributed by atoms with Gasteiger partial charge in [0.05, 0.1) is 12.5 Å². The molecular weight excluding hydrogens is 224 g/mol. The molecule has 3 heteroatoms. The van der Waals surface area contributed by atoms with E-state index in [1.807, 2.05) is 18.2 Å². The monoisotopic (exact) mass is 244 g/mol. The first kappa shape index (κ1) is 14.2. The summed E-state index contributed by atoms with van der Waals surface area (Å²) in [6.45, 7) is 2.87. The first-order chi connectivity index (χ1) is 8.79. The summed E-state index contributed by atoms with van der Waals surface area (Å²) in [5, 5.41) is 11.6. The highest BCUT2D eigenvalue weighted by Crippen LogP contribution is 2.09. The summed E-state index contributed by atoms with van der Waals surface area (Å²) in [6, 6.07) is 9.36. The Kier molecular flexibility index (Phi) is 6.56. The molecule has 0 saturated carbocycles. The van der Waals surface area contributed by atoms with Gasteiger partial charge in [-0.15, -0.1) is 0 Å². The van der Waals surface area contributed by atoms with Crippen molar-refractivity contribution in [1.29, 1.82) is 5.26 Å². The third-order valence-electron chi connectivity index (χ3n) is 2.85. The fourth-order valence-corrected chi connectivity index (χ4v) is 1.83. The van der Waals surface area contributed by atoms with Crippen molar-refractivity contribution in [1.82, 2.24) is 5.32 Å². The minimum absolute atomic E-state index is 0.0719. The van der Waals surface area contributed by atoms with Gasteiger partial charge in [-0.1, -0.05) is 44.4 Å². The third-order valence-corrected chi connectivity index (χ3v) is 2.85. The maximum absolute atomic E-state index is 12.0. The van der Waals surface area contributed by atoms with Crippen molar-refractivity contribution in [2.45, 2.75) is 39.0 Å². The van der Waals surface area contributed by atoms with Gasteiger partial charge in [-0.25, -0.2) is 0 Å². The average molecular weight is 244 g/mol. The van der Waals surface area contributed by atoms with Gasteiger partial charge in [-0.2, -0.15) is 5.26 Å². The molecule has 0 heterocycles. The Morgan fingerprint density at radius 1 is 1.28 bits per heavy atom. The largest absolute Gasteiger partial charge is 0.352 e. The molecule has 0 aliphatic heterocycles. The maximum Gasteiger partial charge on any atom is 0.251 e. The number of benzene rings is 1. The van der Waals surface area contributed by atoms with Crippen molar-refractivity contribution in [2.24, 2.45) is 0 Å². The van der Waals surface area contributed by atoms with Gasteiger partial charge < -0.3 is 5.32 Å². The molecule has 0 aliphatic carbocycles. The number of carbonyl (C=O) groups excluding carboxylic acids is 1. The molecule has 0 aliphatic rings. The van der Waals surface area contributed by atoms with Crippen LogP contribution in [0.25, 0.3) is 0 Å². The van der Waals surface area contributed by atoms with Crippen molar-refractivity contribution >= 4 is 5.91 Å². The molecule has 1 N–H and O–H groups in total. The third kappa shape index (κ3) is 4.58. The quantitative estimate of drug-likeness (QED) is 0.749. The van der Waals surface area contributed by atoms with Crippen LogP contribution in [0.2, 0.25) is 0 Å². The Labute approximate surface area is 109 Å². The van der Waals surface area contributed by atoms with Crippen molar-refractivity contribution in [3.63, 3.8) is 0 Å². The summed E-state index contributed by atoms with van der Waals surface area (Å²) in [5.74, 6) is -0.0719. The smallest absolute Gasteiger partial charge is 0.251 e. The van der Waals surface area contributed by atoms with Crippen LogP contribution in [0, 0.1) is 11.3 Å². The van der Waals surface area contributed by atoms with Crippen LogP contribution >= 0.6 is 0 Å². The normalized spacial score (nSPS) is 9.78. The van der Waals surface area contributed by atoms with Gasteiger partial charge in [0, 0.05) is 12.1 Å². The molecule has 1 aromatic carbocycles. The van der Waals surface area contributed by atoms with E-state index in [1.165, 1.54) is 12.8 Å². The number of nitriles is 1. The molecule has 0 bridgehead atoms. The van der Waals surface area contributed by atoms with E-state index in [0.717, 1.165) is 18.4 Å². The number of hydrogen-bond acceptors (Lipinski definition) is 2. The topological polar surface area (TPSA) is 52.9 Å². The molecule has 0 saturated heterocycles. The molecule has 0 radical (unpaired) electrons. The number of rotatable bonds is 7. The van der Waals surface area contributed by atoms with Crippen molar-refractivity contribution in [3.8, 4) is 6.07 Å². The molecule has 3 nitrogen and oxygen atoms in total. The van der Waals surface area contributed by atoms with Crippen LogP contribution in [0.3, 0.4) is 0 Å². The van der Waals surface area contributed by atoms with Gasteiger partial charge in [-0.05, 0) is 18.1 Å². The minimum Gasteiger partial charge on any atom is -0.352 e. The van der Waals surface area contributed by atoms with Gasteiger partial charge in [0.15, 0.2) is 0 Å². The molecule has 1 rings (SSSR count). The zero-order valence-corrected chi connectivity index (χ0v) is 10.9. The zero-order chi connectivity index (χ0) is 13.2. The van der Waals surface area contributed by atoms with E-state index in [4.69, 9.17) is 5.26 Å². The Morgan fingerprint density at radius 2 is 2.06 bits per heavy atom.